The minimum Gasteiger partial charge on any atom is -0.507 e. The number of hydrogen-bond acceptors (Lipinski definition) is 5. The van der Waals surface area contributed by atoms with Gasteiger partial charge < -0.3 is 15.5 Å². The molecule has 2 heterocycles. The molecule has 0 saturated heterocycles. The van der Waals surface area contributed by atoms with Gasteiger partial charge in [0.25, 0.3) is 0 Å². The van der Waals surface area contributed by atoms with Gasteiger partial charge in [-0.25, -0.2) is 0 Å². The molecule has 2 aromatic rings. The zero-order chi connectivity index (χ0) is 40.3. The van der Waals surface area contributed by atoms with Crippen LogP contribution in [0, 0.1) is 23.7 Å². The Morgan fingerprint density at radius 3 is 2.12 bits per heavy atom. The molecule has 56 heavy (non-hydrogen) atoms. The van der Waals surface area contributed by atoms with Crippen molar-refractivity contribution < 1.29 is 10.2 Å². The summed E-state index contributed by atoms with van der Waals surface area (Å²) in [5.41, 5.74) is 7.54. The zero-order valence-corrected chi connectivity index (χ0v) is 36.0. The molecule has 3 N–H and O–H groups in total. The zero-order valence-electron chi connectivity index (χ0n) is 36.0. The summed E-state index contributed by atoms with van der Waals surface area (Å²) in [6.07, 6.45) is 28.7. The molecule has 5 heteroatoms. The van der Waals surface area contributed by atoms with Crippen LogP contribution < -0.4 is 5.32 Å². The fourth-order valence-corrected chi connectivity index (χ4v) is 8.77. The third kappa shape index (κ3) is 13.7. The molecular weight excluding hydrogens is 687 g/mol. The van der Waals surface area contributed by atoms with E-state index >= 15 is 0 Å². The van der Waals surface area contributed by atoms with Crippen LogP contribution in [0.3, 0.4) is 0 Å². The van der Waals surface area contributed by atoms with Gasteiger partial charge in [-0.05, 0) is 123 Å². The van der Waals surface area contributed by atoms with Gasteiger partial charge in [0.2, 0.25) is 0 Å². The van der Waals surface area contributed by atoms with E-state index in [1.165, 1.54) is 75.5 Å². The predicted octanol–water partition coefficient (Wildman–Crippen LogP) is 14.4. The first kappa shape index (κ1) is 44.8. The number of benzene rings is 2. The van der Waals surface area contributed by atoms with E-state index in [-0.39, 0.29) is 11.8 Å². The summed E-state index contributed by atoms with van der Waals surface area (Å²) >= 11 is 0. The van der Waals surface area contributed by atoms with E-state index < -0.39 is 0 Å². The highest BCUT2D eigenvalue weighted by molar-refractivity contribution is 6.03. The van der Waals surface area contributed by atoms with E-state index in [2.05, 4.69) is 71.8 Å². The Bertz CT molecular complexity index is 1680. The average molecular weight is 762 g/mol. The van der Waals surface area contributed by atoms with Crippen molar-refractivity contribution in [2.24, 2.45) is 33.7 Å². The SMILES string of the molecule is C=C(NC1=NC(CCCCC2=C(CCCCCCCCCCC)N=CCC2)C(C)C(C)C(C(C)CC=C(C)c2ccccc2O)/C=C\1CC)c1ccccc1O. The Morgan fingerprint density at radius 1 is 0.839 bits per heavy atom. The molecule has 306 valence electrons. The van der Waals surface area contributed by atoms with E-state index in [9.17, 15) is 10.2 Å². The van der Waals surface area contributed by atoms with Gasteiger partial charge in [-0.15, -0.1) is 0 Å². The Hall–Kier alpha value is -3.86. The first-order valence-electron chi connectivity index (χ1n) is 22.4. The molecule has 2 aliphatic rings. The summed E-state index contributed by atoms with van der Waals surface area (Å²) in [5.74, 6) is 2.96. The first-order valence-corrected chi connectivity index (χ1v) is 22.4. The van der Waals surface area contributed by atoms with Gasteiger partial charge >= 0.3 is 0 Å². The summed E-state index contributed by atoms with van der Waals surface area (Å²) in [6, 6.07) is 15.2. The molecule has 0 spiro atoms. The van der Waals surface area contributed by atoms with E-state index in [0.29, 0.717) is 40.7 Å². The van der Waals surface area contributed by atoms with Gasteiger partial charge in [-0.1, -0.05) is 141 Å². The largest absolute Gasteiger partial charge is 0.507 e. The Balaban J connectivity index is 1.47. The van der Waals surface area contributed by atoms with Crippen molar-refractivity contribution in [1.82, 2.24) is 5.32 Å². The lowest BCUT2D eigenvalue weighted by atomic mass is 9.71. The molecule has 5 unspecified atom stereocenters. The lowest BCUT2D eigenvalue weighted by molar-refractivity contribution is 0.206. The summed E-state index contributed by atoms with van der Waals surface area (Å²) in [5, 5.41) is 24.8. The van der Waals surface area contributed by atoms with Crippen molar-refractivity contribution in [2.75, 3.05) is 0 Å². The van der Waals surface area contributed by atoms with Gasteiger partial charge in [0.05, 0.1) is 6.04 Å². The van der Waals surface area contributed by atoms with Crippen molar-refractivity contribution in [3.8, 4) is 11.5 Å². The van der Waals surface area contributed by atoms with Crippen LogP contribution in [0.5, 0.6) is 11.5 Å². The highest BCUT2D eigenvalue weighted by Crippen LogP contribution is 2.39. The minimum atomic E-state index is 0.160. The molecule has 0 bridgehead atoms. The van der Waals surface area contributed by atoms with Gasteiger partial charge in [0.15, 0.2) is 0 Å². The second-order valence-corrected chi connectivity index (χ2v) is 16.8. The summed E-state index contributed by atoms with van der Waals surface area (Å²) in [7, 11) is 0. The molecule has 0 saturated carbocycles. The Labute approximate surface area is 341 Å². The molecule has 4 rings (SSSR count). The molecular formula is C51H75N3O2. The highest BCUT2D eigenvalue weighted by Gasteiger charge is 2.33. The number of amidine groups is 1. The van der Waals surface area contributed by atoms with Crippen molar-refractivity contribution >= 4 is 23.3 Å². The molecule has 0 amide bonds. The number of hydrogen-bond donors (Lipinski definition) is 3. The molecule has 2 aromatic carbocycles. The normalized spacial score (nSPS) is 21.9. The van der Waals surface area contributed by atoms with Crippen LogP contribution in [0.2, 0.25) is 0 Å². The maximum atomic E-state index is 10.7. The van der Waals surface area contributed by atoms with Crippen LogP contribution in [-0.2, 0) is 0 Å². The van der Waals surface area contributed by atoms with E-state index in [0.717, 1.165) is 68.3 Å². The number of phenolic OH excluding ortho intramolecular Hbond substituents is 2. The lowest BCUT2D eigenvalue weighted by Gasteiger charge is -2.37. The number of rotatable bonds is 22. The fraction of sp³-hybridized carbons (Fsp3) is 0.569. The van der Waals surface area contributed by atoms with Crippen molar-refractivity contribution in [3.63, 3.8) is 0 Å². The Kier molecular flexibility index (Phi) is 19.2. The van der Waals surface area contributed by atoms with Gasteiger partial charge in [0, 0.05) is 28.7 Å². The van der Waals surface area contributed by atoms with Crippen molar-refractivity contribution in [1.29, 1.82) is 0 Å². The second-order valence-electron chi connectivity index (χ2n) is 16.8. The van der Waals surface area contributed by atoms with Gasteiger partial charge in [-0.3, -0.25) is 9.98 Å². The maximum Gasteiger partial charge on any atom is 0.128 e. The van der Waals surface area contributed by atoms with Crippen LogP contribution in [0.25, 0.3) is 11.3 Å². The molecule has 0 aromatic heterocycles. The molecule has 5 atom stereocenters. The third-order valence-corrected chi connectivity index (χ3v) is 12.7. The van der Waals surface area contributed by atoms with Crippen molar-refractivity contribution in [2.45, 2.75) is 163 Å². The molecule has 0 aliphatic carbocycles. The van der Waals surface area contributed by atoms with Gasteiger partial charge in [-0.2, -0.15) is 0 Å². The van der Waals surface area contributed by atoms with E-state index in [1.54, 1.807) is 17.7 Å². The lowest BCUT2D eigenvalue weighted by Crippen LogP contribution is -2.36. The topological polar surface area (TPSA) is 77.2 Å². The number of allylic oxidation sites excluding steroid dienone is 5. The van der Waals surface area contributed by atoms with Crippen LogP contribution in [0.4, 0.5) is 0 Å². The number of unbranched alkanes of at least 4 members (excludes halogenated alkanes) is 9. The maximum absolute atomic E-state index is 10.7. The standard InChI is InChI=1S/C51H75N3O2/c1-8-10-11-12-13-14-15-16-17-30-48-43(26-24-35-52-48)25-18-21-29-47-40(6)39(5)46(38(4)34-33-37(3)44-27-19-22-31-49(44)55)36-42(9-2)51(54-47)53-41(7)45-28-20-23-32-50(45)56/h19-20,22-23,27-28,31-33,35-36,38-40,46-47,55-56H,7-18,21,24-26,29-30,34H2,1-6H3,(H,53,54)/b37-33?,42-36-. The van der Waals surface area contributed by atoms with Gasteiger partial charge in [0.1, 0.15) is 17.3 Å². The minimum absolute atomic E-state index is 0.160. The number of aliphatic imine (C=N–C) groups is 2. The van der Waals surface area contributed by atoms with Crippen LogP contribution in [0.15, 0.2) is 94.1 Å². The first-order chi connectivity index (χ1) is 27.1. The quantitative estimate of drug-likeness (QED) is 0.105. The number of aromatic hydroxyl groups is 2. The average Bonchev–Trinajstić information content (AvgIpc) is 3.20. The van der Waals surface area contributed by atoms with Crippen LogP contribution in [0.1, 0.15) is 168 Å². The molecule has 0 radical (unpaired) electrons. The Morgan fingerprint density at radius 2 is 1.46 bits per heavy atom. The highest BCUT2D eigenvalue weighted by atomic mass is 16.3. The van der Waals surface area contributed by atoms with Crippen LogP contribution in [-0.4, -0.2) is 28.3 Å². The molecule has 0 fully saturated rings. The van der Waals surface area contributed by atoms with Crippen LogP contribution >= 0.6 is 0 Å². The number of para-hydroxylation sites is 2. The monoisotopic (exact) mass is 762 g/mol. The number of phenols is 2. The number of nitrogens with zero attached hydrogens (tertiary/aromatic N) is 2. The van der Waals surface area contributed by atoms with Crippen molar-refractivity contribution in [3.05, 3.63) is 95.2 Å². The summed E-state index contributed by atoms with van der Waals surface area (Å²) < 4.78 is 0. The predicted molar refractivity (Wildman–Crippen MR) is 242 cm³/mol. The fourth-order valence-electron chi connectivity index (χ4n) is 8.77. The molecule has 2 aliphatic heterocycles. The third-order valence-electron chi connectivity index (χ3n) is 12.7. The van der Waals surface area contributed by atoms with E-state index in [1.807, 2.05) is 36.4 Å². The van der Waals surface area contributed by atoms with E-state index in [4.69, 9.17) is 9.98 Å². The molecule has 5 nitrogen and oxygen atoms in total. The summed E-state index contributed by atoms with van der Waals surface area (Å²) in [6.45, 7) is 18.2. The second kappa shape index (κ2) is 24.0. The smallest absolute Gasteiger partial charge is 0.128 e. The summed E-state index contributed by atoms with van der Waals surface area (Å²) in [4.78, 5) is 10.5. The number of nitrogens with one attached hydrogen (secondary N) is 1.